The van der Waals surface area contributed by atoms with Gasteiger partial charge < -0.3 is 4.74 Å². The van der Waals surface area contributed by atoms with Crippen molar-refractivity contribution in [1.82, 2.24) is 9.78 Å². The van der Waals surface area contributed by atoms with E-state index >= 15 is 0 Å². The van der Waals surface area contributed by atoms with Crippen molar-refractivity contribution in [3.8, 4) is 5.75 Å². The summed E-state index contributed by atoms with van der Waals surface area (Å²) in [5.74, 6) is 0.704. The second-order valence-corrected chi connectivity index (χ2v) is 5.71. The summed E-state index contributed by atoms with van der Waals surface area (Å²) in [6.45, 7) is 7.10. The Labute approximate surface area is 138 Å². The predicted molar refractivity (Wildman–Crippen MR) is 91.3 cm³/mol. The first-order chi connectivity index (χ1) is 10.5. The van der Waals surface area contributed by atoms with E-state index in [1.165, 1.54) is 0 Å². The number of allylic oxidation sites excluding steroid dienone is 1. The van der Waals surface area contributed by atoms with E-state index in [4.69, 9.17) is 4.74 Å². The molecule has 1 aromatic carbocycles. The van der Waals surface area contributed by atoms with Crippen LogP contribution in [-0.4, -0.2) is 22.2 Å². The normalized spacial score (nSPS) is 11.1. The van der Waals surface area contributed by atoms with Gasteiger partial charge in [-0.05, 0) is 51.1 Å². The molecular formula is C17H19BrN2O2. The van der Waals surface area contributed by atoms with Gasteiger partial charge in [0.25, 0.3) is 0 Å². The van der Waals surface area contributed by atoms with Crippen LogP contribution in [0.5, 0.6) is 5.75 Å². The lowest BCUT2D eigenvalue weighted by Crippen LogP contribution is -1.96. The van der Waals surface area contributed by atoms with Gasteiger partial charge in [-0.2, -0.15) is 5.10 Å². The van der Waals surface area contributed by atoms with Crippen molar-refractivity contribution in [2.24, 2.45) is 0 Å². The highest BCUT2D eigenvalue weighted by Gasteiger charge is 2.10. The summed E-state index contributed by atoms with van der Waals surface area (Å²) >= 11 is 3.44. The van der Waals surface area contributed by atoms with Crippen LogP contribution in [0.25, 0.3) is 6.08 Å². The number of carbonyl (C=O) groups excluding carboxylic acids is 1. The van der Waals surface area contributed by atoms with Gasteiger partial charge in [0, 0.05) is 22.8 Å². The molecule has 0 unspecified atom stereocenters. The van der Waals surface area contributed by atoms with E-state index in [1.54, 1.807) is 23.0 Å². The minimum atomic E-state index is -0.0559. The molecule has 1 heterocycles. The minimum Gasteiger partial charge on any atom is -0.493 e. The second-order valence-electron chi connectivity index (χ2n) is 4.80. The van der Waals surface area contributed by atoms with Crippen LogP contribution < -0.4 is 4.74 Å². The minimum absolute atomic E-state index is 0.0559. The fourth-order valence-corrected chi connectivity index (χ4v) is 2.49. The van der Waals surface area contributed by atoms with E-state index in [2.05, 4.69) is 21.0 Å². The molecule has 5 heteroatoms. The van der Waals surface area contributed by atoms with E-state index in [0.29, 0.717) is 12.2 Å². The molecule has 0 radical (unpaired) electrons. The summed E-state index contributed by atoms with van der Waals surface area (Å²) in [6, 6.07) is 5.73. The number of hydrogen-bond donors (Lipinski definition) is 0. The SMILES string of the molecule is CCOc1ccc(Br)cc1/C=C/C(=O)c1cn(CC)nc1C. The maximum absolute atomic E-state index is 12.3. The number of halogens is 1. The molecule has 2 aromatic rings. The lowest BCUT2D eigenvalue weighted by atomic mass is 10.1. The van der Waals surface area contributed by atoms with Gasteiger partial charge in [0.15, 0.2) is 5.78 Å². The topological polar surface area (TPSA) is 44.1 Å². The molecule has 0 N–H and O–H groups in total. The highest BCUT2D eigenvalue weighted by atomic mass is 79.9. The number of carbonyl (C=O) groups is 1. The first kappa shape index (κ1) is 16.5. The quantitative estimate of drug-likeness (QED) is 0.569. The van der Waals surface area contributed by atoms with Gasteiger partial charge in [0.1, 0.15) is 5.75 Å². The molecule has 22 heavy (non-hydrogen) atoms. The first-order valence-corrected chi connectivity index (χ1v) is 8.03. The Balaban J connectivity index is 2.25. The molecule has 4 nitrogen and oxygen atoms in total. The number of hydrogen-bond acceptors (Lipinski definition) is 3. The van der Waals surface area contributed by atoms with Gasteiger partial charge >= 0.3 is 0 Å². The molecule has 0 amide bonds. The third-order valence-corrected chi connectivity index (χ3v) is 3.72. The van der Waals surface area contributed by atoms with Gasteiger partial charge in [-0.3, -0.25) is 9.48 Å². The van der Waals surface area contributed by atoms with Gasteiger partial charge in [0.2, 0.25) is 0 Å². The maximum Gasteiger partial charge on any atom is 0.189 e. The molecule has 0 aliphatic heterocycles. The molecule has 0 fully saturated rings. The molecular weight excluding hydrogens is 344 g/mol. The largest absolute Gasteiger partial charge is 0.493 e. The zero-order chi connectivity index (χ0) is 16.1. The third kappa shape index (κ3) is 3.85. The third-order valence-electron chi connectivity index (χ3n) is 3.22. The average molecular weight is 363 g/mol. The van der Waals surface area contributed by atoms with Crippen molar-refractivity contribution in [2.75, 3.05) is 6.61 Å². The molecule has 0 saturated heterocycles. The number of nitrogens with zero attached hydrogens (tertiary/aromatic N) is 2. The Hall–Kier alpha value is -1.88. The van der Waals surface area contributed by atoms with Crippen molar-refractivity contribution in [3.05, 3.63) is 51.8 Å². The van der Waals surface area contributed by atoms with Crippen LogP contribution in [0.4, 0.5) is 0 Å². The summed E-state index contributed by atoms with van der Waals surface area (Å²) in [4.78, 5) is 12.3. The summed E-state index contributed by atoms with van der Waals surface area (Å²) in [6.07, 6.45) is 5.13. The molecule has 0 spiro atoms. The maximum atomic E-state index is 12.3. The Morgan fingerprint density at radius 3 is 2.82 bits per heavy atom. The highest BCUT2D eigenvalue weighted by Crippen LogP contribution is 2.24. The van der Waals surface area contributed by atoms with Crippen LogP contribution >= 0.6 is 15.9 Å². The van der Waals surface area contributed by atoms with Crippen molar-refractivity contribution in [3.63, 3.8) is 0 Å². The number of rotatable bonds is 6. The van der Waals surface area contributed by atoms with E-state index in [-0.39, 0.29) is 5.78 Å². The molecule has 0 atom stereocenters. The van der Waals surface area contributed by atoms with Crippen LogP contribution in [0.3, 0.4) is 0 Å². The molecule has 116 valence electrons. The number of ketones is 1. The van der Waals surface area contributed by atoms with Crippen molar-refractivity contribution in [1.29, 1.82) is 0 Å². The van der Waals surface area contributed by atoms with Crippen molar-refractivity contribution >= 4 is 27.8 Å². The lowest BCUT2D eigenvalue weighted by Gasteiger charge is -2.07. The lowest BCUT2D eigenvalue weighted by molar-refractivity contribution is 0.104. The van der Waals surface area contributed by atoms with Crippen LogP contribution in [0.15, 0.2) is 34.9 Å². The van der Waals surface area contributed by atoms with Gasteiger partial charge in [-0.25, -0.2) is 0 Å². The van der Waals surface area contributed by atoms with Gasteiger partial charge in [0.05, 0.1) is 17.9 Å². The van der Waals surface area contributed by atoms with Crippen LogP contribution in [-0.2, 0) is 6.54 Å². The Kier molecular flexibility index (Phi) is 5.55. The molecule has 0 saturated carbocycles. The number of benzene rings is 1. The number of aromatic nitrogens is 2. The van der Waals surface area contributed by atoms with Gasteiger partial charge in [-0.15, -0.1) is 0 Å². The summed E-state index contributed by atoms with van der Waals surface area (Å²) in [7, 11) is 0. The Bertz CT molecular complexity index is 705. The van der Waals surface area contributed by atoms with Crippen LogP contribution in [0.2, 0.25) is 0 Å². The number of ether oxygens (including phenoxy) is 1. The summed E-state index contributed by atoms with van der Waals surface area (Å²) in [5.41, 5.74) is 2.24. The fourth-order valence-electron chi connectivity index (χ4n) is 2.11. The average Bonchev–Trinajstić information content (AvgIpc) is 2.88. The number of aryl methyl sites for hydroxylation is 2. The Morgan fingerprint density at radius 2 is 2.18 bits per heavy atom. The molecule has 0 aliphatic carbocycles. The zero-order valence-electron chi connectivity index (χ0n) is 13.0. The van der Waals surface area contributed by atoms with Gasteiger partial charge in [-0.1, -0.05) is 15.9 Å². The van der Waals surface area contributed by atoms with Crippen LogP contribution in [0, 0.1) is 6.92 Å². The second kappa shape index (κ2) is 7.40. The van der Waals surface area contributed by atoms with E-state index in [9.17, 15) is 4.79 Å². The van der Waals surface area contributed by atoms with Crippen molar-refractivity contribution < 1.29 is 9.53 Å². The smallest absolute Gasteiger partial charge is 0.189 e. The monoisotopic (exact) mass is 362 g/mol. The molecule has 2 rings (SSSR count). The van der Waals surface area contributed by atoms with Crippen molar-refractivity contribution in [2.45, 2.75) is 27.3 Å². The standard InChI is InChI=1S/C17H19BrN2O2/c1-4-20-11-15(12(3)19-20)16(21)8-6-13-10-14(18)7-9-17(13)22-5-2/h6-11H,4-5H2,1-3H3/b8-6+. The zero-order valence-corrected chi connectivity index (χ0v) is 14.6. The first-order valence-electron chi connectivity index (χ1n) is 7.24. The van der Waals surface area contributed by atoms with Crippen LogP contribution in [0.1, 0.15) is 35.5 Å². The van der Waals surface area contributed by atoms with E-state index in [0.717, 1.165) is 28.0 Å². The van der Waals surface area contributed by atoms with E-state index in [1.807, 2.05) is 39.0 Å². The predicted octanol–water partition coefficient (Wildman–Crippen LogP) is 4.27. The molecule has 0 aliphatic rings. The Morgan fingerprint density at radius 1 is 1.41 bits per heavy atom. The molecule has 0 bridgehead atoms. The molecule has 1 aromatic heterocycles. The van der Waals surface area contributed by atoms with E-state index < -0.39 is 0 Å². The fraction of sp³-hybridized carbons (Fsp3) is 0.294. The highest BCUT2D eigenvalue weighted by molar-refractivity contribution is 9.10. The summed E-state index contributed by atoms with van der Waals surface area (Å²) in [5, 5.41) is 4.30. The summed E-state index contributed by atoms with van der Waals surface area (Å²) < 4.78 is 8.28.